The van der Waals surface area contributed by atoms with E-state index in [1.54, 1.807) is 0 Å². The second kappa shape index (κ2) is 8.90. The zero-order valence-corrected chi connectivity index (χ0v) is 20.5. The number of allylic oxidation sites excluding steroid dienone is 2. The average Bonchev–Trinajstić information content (AvgIpc) is 3.42. The van der Waals surface area contributed by atoms with Crippen molar-refractivity contribution in [1.29, 1.82) is 0 Å². The normalized spacial score (nSPS) is 31.6. The first-order valence-electron chi connectivity index (χ1n) is 12.6. The molecule has 3 aliphatic carbocycles. The Kier molecular flexibility index (Phi) is 6.22. The Hall–Kier alpha value is -1.99. The van der Waals surface area contributed by atoms with Crippen LogP contribution in [0.25, 0.3) is 0 Å². The molecular weight excluding hydrogens is 430 g/mol. The molecule has 1 spiro atoms. The summed E-state index contributed by atoms with van der Waals surface area (Å²) in [6.45, 7) is 2.99. The summed E-state index contributed by atoms with van der Waals surface area (Å²) in [6.07, 6.45) is 5.88. The van der Waals surface area contributed by atoms with Crippen molar-refractivity contribution in [1.82, 2.24) is 0 Å². The van der Waals surface area contributed by atoms with Crippen molar-refractivity contribution in [3.8, 4) is 0 Å². The summed E-state index contributed by atoms with van der Waals surface area (Å²) in [4.78, 5) is 14.8. The molecule has 6 heteroatoms. The minimum atomic E-state index is -0.752. The Labute approximate surface area is 202 Å². The Bertz CT molecular complexity index is 1000. The number of aliphatic hydroxyl groups is 2. The lowest BCUT2D eigenvalue weighted by Gasteiger charge is -2.43. The van der Waals surface area contributed by atoms with Crippen LogP contribution in [0.1, 0.15) is 57.1 Å². The van der Waals surface area contributed by atoms with Crippen LogP contribution in [0.4, 0.5) is 5.69 Å². The molecule has 0 aromatic heterocycles. The highest BCUT2D eigenvalue weighted by molar-refractivity contribution is 5.87. The summed E-state index contributed by atoms with van der Waals surface area (Å²) in [5, 5.41) is 22.0. The third kappa shape index (κ3) is 3.85. The predicted molar refractivity (Wildman–Crippen MR) is 130 cm³/mol. The summed E-state index contributed by atoms with van der Waals surface area (Å²) < 4.78 is 11.9. The quantitative estimate of drug-likeness (QED) is 0.683. The molecule has 4 atom stereocenters. The van der Waals surface area contributed by atoms with Gasteiger partial charge in [-0.25, -0.2) is 0 Å². The Morgan fingerprint density at radius 1 is 1.09 bits per heavy atom. The number of fused-ring (bicyclic) bond motifs is 1. The molecule has 1 aromatic carbocycles. The van der Waals surface area contributed by atoms with Crippen molar-refractivity contribution in [3.05, 3.63) is 52.6 Å². The molecule has 6 nitrogen and oxygen atoms in total. The van der Waals surface area contributed by atoms with Crippen LogP contribution in [0.15, 0.2) is 47.1 Å². The van der Waals surface area contributed by atoms with Gasteiger partial charge in [-0.15, -0.1) is 0 Å². The number of ether oxygens (including phenoxy) is 2. The molecule has 4 aliphatic rings. The lowest BCUT2D eigenvalue weighted by molar-refractivity contribution is -0.129. The van der Waals surface area contributed by atoms with Crippen LogP contribution in [0.5, 0.6) is 0 Å². The molecule has 2 fully saturated rings. The highest BCUT2D eigenvalue weighted by Crippen LogP contribution is 2.55. The smallest absolute Gasteiger partial charge is 0.188 e. The summed E-state index contributed by atoms with van der Waals surface area (Å²) in [6, 6.07) is 8.07. The topological polar surface area (TPSA) is 79.2 Å². The van der Waals surface area contributed by atoms with Crippen molar-refractivity contribution >= 4 is 11.5 Å². The predicted octanol–water partition coefficient (Wildman–Crippen LogP) is 3.93. The van der Waals surface area contributed by atoms with E-state index in [4.69, 9.17) is 9.47 Å². The maximum absolute atomic E-state index is 12.8. The zero-order chi connectivity index (χ0) is 24.1. The van der Waals surface area contributed by atoms with Crippen molar-refractivity contribution in [2.24, 2.45) is 17.3 Å². The van der Waals surface area contributed by atoms with E-state index in [0.29, 0.717) is 19.6 Å². The number of hydrogen-bond donors (Lipinski definition) is 2. The Balaban J connectivity index is 1.58. The first-order chi connectivity index (χ1) is 16.3. The van der Waals surface area contributed by atoms with Crippen molar-refractivity contribution in [2.75, 3.05) is 38.8 Å². The van der Waals surface area contributed by atoms with Crippen LogP contribution in [0.3, 0.4) is 0 Å². The van der Waals surface area contributed by atoms with E-state index in [-0.39, 0.29) is 24.2 Å². The second-order valence-corrected chi connectivity index (χ2v) is 10.8. The number of carbonyl (C=O) groups is 1. The largest absolute Gasteiger partial charge is 0.395 e. The van der Waals surface area contributed by atoms with Gasteiger partial charge >= 0.3 is 0 Å². The zero-order valence-electron chi connectivity index (χ0n) is 20.5. The first-order valence-corrected chi connectivity index (χ1v) is 12.6. The number of ketones is 1. The van der Waals surface area contributed by atoms with Gasteiger partial charge in [-0.3, -0.25) is 4.79 Å². The third-order valence-electron chi connectivity index (χ3n) is 8.73. The van der Waals surface area contributed by atoms with Crippen LogP contribution in [-0.4, -0.2) is 55.7 Å². The molecular formula is C28H37NO5. The van der Waals surface area contributed by atoms with Gasteiger partial charge in [0.2, 0.25) is 0 Å². The number of anilines is 1. The van der Waals surface area contributed by atoms with E-state index in [9.17, 15) is 15.0 Å². The maximum atomic E-state index is 12.8. The molecule has 0 amide bonds. The number of benzene rings is 1. The molecule has 0 bridgehead atoms. The van der Waals surface area contributed by atoms with Crippen LogP contribution in [0, 0.1) is 17.3 Å². The maximum Gasteiger partial charge on any atom is 0.188 e. The molecule has 2 N–H and O–H groups in total. The van der Waals surface area contributed by atoms with E-state index in [0.717, 1.165) is 48.9 Å². The highest BCUT2D eigenvalue weighted by atomic mass is 16.7. The summed E-state index contributed by atoms with van der Waals surface area (Å²) in [5.41, 5.74) is 4.63. The van der Waals surface area contributed by atoms with E-state index in [2.05, 4.69) is 6.08 Å². The van der Waals surface area contributed by atoms with Crippen LogP contribution in [0.2, 0.25) is 0 Å². The molecule has 184 valence electrons. The Morgan fingerprint density at radius 2 is 1.79 bits per heavy atom. The number of nitrogens with zero attached hydrogens (tertiary/aromatic N) is 1. The van der Waals surface area contributed by atoms with Gasteiger partial charge in [-0.2, -0.15) is 0 Å². The second-order valence-electron chi connectivity index (χ2n) is 10.8. The molecule has 4 unspecified atom stereocenters. The number of Topliss-reactive ketones (excluding diaryl/α,β-unsaturated/α-hetero) is 1. The minimum absolute atomic E-state index is 0.0274. The molecule has 0 radical (unpaired) electrons. The lowest BCUT2D eigenvalue weighted by atomic mass is 9.62. The van der Waals surface area contributed by atoms with Gasteiger partial charge in [0.15, 0.2) is 5.79 Å². The van der Waals surface area contributed by atoms with Crippen LogP contribution < -0.4 is 4.90 Å². The Morgan fingerprint density at radius 3 is 2.44 bits per heavy atom. The molecule has 5 rings (SSSR count). The molecule has 1 heterocycles. The standard InChI is InChI=1S/C28H37NO5/c1-27(17-30)23(10-11-24(27)31)22-9-6-19-16-28(33-14-15-34-28)13-12-21(19)25(22)26(32)18-4-7-20(8-5-18)29(2)3/h4-5,7-8,16,22-23,26,30,32H,6,9-15,17H2,1-3H3. The molecule has 1 aromatic rings. The van der Waals surface area contributed by atoms with E-state index < -0.39 is 17.3 Å². The fourth-order valence-corrected chi connectivity index (χ4v) is 6.69. The number of hydrogen-bond acceptors (Lipinski definition) is 6. The summed E-state index contributed by atoms with van der Waals surface area (Å²) >= 11 is 0. The molecule has 1 aliphatic heterocycles. The average molecular weight is 468 g/mol. The van der Waals surface area contributed by atoms with E-state index in [1.807, 2.05) is 50.2 Å². The van der Waals surface area contributed by atoms with Gasteiger partial charge in [0, 0.05) is 32.6 Å². The minimum Gasteiger partial charge on any atom is -0.395 e. The number of carbonyl (C=O) groups excluding carboxylic acids is 1. The van der Waals surface area contributed by atoms with Gasteiger partial charge in [0.1, 0.15) is 11.9 Å². The van der Waals surface area contributed by atoms with E-state index in [1.165, 1.54) is 11.1 Å². The fraction of sp³-hybridized carbons (Fsp3) is 0.607. The van der Waals surface area contributed by atoms with Crippen molar-refractivity contribution in [2.45, 2.75) is 57.3 Å². The lowest BCUT2D eigenvalue weighted by Crippen LogP contribution is -2.40. The van der Waals surface area contributed by atoms with Gasteiger partial charge in [0.25, 0.3) is 0 Å². The van der Waals surface area contributed by atoms with Crippen molar-refractivity contribution in [3.63, 3.8) is 0 Å². The molecule has 1 saturated heterocycles. The fourth-order valence-electron chi connectivity index (χ4n) is 6.69. The van der Waals surface area contributed by atoms with E-state index >= 15 is 0 Å². The van der Waals surface area contributed by atoms with Gasteiger partial charge in [0.05, 0.1) is 25.2 Å². The number of rotatable bonds is 5. The first kappa shape index (κ1) is 23.7. The van der Waals surface area contributed by atoms with Gasteiger partial charge < -0.3 is 24.6 Å². The molecule has 34 heavy (non-hydrogen) atoms. The van der Waals surface area contributed by atoms with Crippen LogP contribution in [-0.2, 0) is 14.3 Å². The summed E-state index contributed by atoms with van der Waals surface area (Å²) in [7, 11) is 4.00. The van der Waals surface area contributed by atoms with Crippen LogP contribution >= 0.6 is 0 Å². The third-order valence-corrected chi connectivity index (χ3v) is 8.73. The monoisotopic (exact) mass is 467 g/mol. The van der Waals surface area contributed by atoms with Gasteiger partial charge in [-0.05, 0) is 78.0 Å². The highest BCUT2D eigenvalue weighted by Gasteiger charge is 2.52. The molecule has 1 saturated carbocycles. The summed E-state index contributed by atoms with van der Waals surface area (Å²) in [5.74, 6) is -0.401. The van der Waals surface area contributed by atoms with Gasteiger partial charge in [-0.1, -0.05) is 19.1 Å². The number of aliphatic hydroxyl groups excluding tert-OH is 2. The SMILES string of the molecule is CN(C)c1ccc(C(O)C2=C3CCC4(C=C3CCC2C2CCC(=O)C2(C)CO)OCCO4)cc1. The van der Waals surface area contributed by atoms with Crippen molar-refractivity contribution < 1.29 is 24.5 Å².